The van der Waals surface area contributed by atoms with Gasteiger partial charge in [-0.1, -0.05) is 24.3 Å². The molecule has 1 aliphatic heterocycles. The van der Waals surface area contributed by atoms with Crippen LogP contribution in [0.25, 0.3) is 0 Å². The van der Waals surface area contributed by atoms with E-state index in [-0.39, 0.29) is 24.2 Å². The molecule has 0 aliphatic carbocycles. The topological polar surface area (TPSA) is 82.0 Å². The van der Waals surface area contributed by atoms with E-state index in [1.165, 1.54) is 0 Å². The van der Waals surface area contributed by atoms with Gasteiger partial charge in [0, 0.05) is 23.7 Å². The Morgan fingerprint density at radius 3 is 2.92 bits per heavy atom. The van der Waals surface area contributed by atoms with Gasteiger partial charge in [0.15, 0.2) is 0 Å². The number of nitrogens with one attached hydrogen (secondary N) is 2. The summed E-state index contributed by atoms with van der Waals surface area (Å²) >= 11 is 0. The van der Waals surface area contributed by atoms with Gasteiger partial charge in [-0.05, 0) is 42.7 Å². The maximum atomic E-state index is 12.1. The molecular formula is C19H17N3O2. The van der Waals surface area contributed by atoms with Crippen LogP contribution in [0, 0.1) is 17.2 Å². The molecule has 1 heterocycles. The second kappa shape index (κ2) is 6.97. The summed E-state index contributed by atoms with van der Waals surface area (Å²) in [5, 5.41) is 14.5. The van der Waals surface area contributed by atoms with Gasteiger partial charge in [0.2, 0.25) is 11.8 Å². The first kappa shape index (κ1) is 15.8. The van der Waals surface area contributed by atoms with Gasteiger partial charge >= 0.3 is 0 Å². The number of para-hydroxylation sites is 1. The van der Waals surface area contributed by atoms with Gasteiger partial charge in [-0.25, -0.2) is 0 Å². The minimum absolute atomic E-state index is 0.0343. The number of fused-ring (bicyclic) bond motifs is 1. The van der Waals surface area contributed by atoms with Crippen molar-refractivity contribution >= 4 is 23.2 Å². The molecule has 24 heavy (non-hydrogen) atoms. The van der Waals surface area contributed by atoms with E-state index in [9.17, 15) is 9.59 Å². The molecule has 0 radical (unpaired) electrons. The van der Waals surface area contributed by atoms with Crippen molar-refractivity contribution in [1.29, 1.82) is 5.26 Å². The Labute approximate surface area is 140 Å². The molecule has 2 aromatic carbocycles. The number of carbonyl (C=O) groups excluding carboxylic acids is 2. The third kappa shape index (κ3) is 3.61. The molecule has 0 spiro atoms. The standard InChI is InChI=1S/C19H17N3O2/c20-12-13-4-3-6-16(10-13)21-18(23)9-8-15-11-14-5-1-2-7-17(14)22-19(15)24/h1-7,10,15H,8-9,11H2,(H,21,23)(H,22,24)/t15-/m0/s1. The lowest BCUT2D eigenvalue weighted by molar-refractivity contribution is -0.121. The second-order valence-electron chi connectivity index (χ2n) is 5.83. The average Bonchev–Trinajstić information content (AvgIpc) is 2.60. The van der Waals surface area contributed by atoms with E-state index in [1.54, 1.807) is 24.3 Å². The third-order valence-corrected chi connectivity index (χ3v) is 4.11. The van der Waals surface area contributed by atoms with Gasteiger partial charge in [-0.15, -0.1) is 0 Å². The highest BCUT2D eigenvalue weighted by molar-refractivity contribution is 5.96. The molecule has 2 N–H and O–H groups in total. The van der Waals surface area contributed by atoms with Crippen molar-refractivity contribution < 1.29 is 9.59 Å². The zero-order valence-electron chi connectivity index (χ0n) is 13.1. The van der Waals surface area contributed by atoms with Crippen LogP contribution < -0.4 is 10.6 Å². The Kier molecular flexibility index (Phi) is 4.57. The van der Waals surface area contributed by atoms with E-state index in [4.69, 9.17) is 5.26 Å². The molecule has 120 valence electrons. The number of hydrogen-bond donors (Lipinski definition) is 2. The van der Waals surface area contributed by atoms with Gasteiger partial charge in [0.25, 0.3) is 0 Å². The van der Waals surface area contributed by atoms with Crippen molar-refractivity contribution in [3.05, 3.63) is 59.7 Å². The maximum Gasteiger partial charge on any atom is 0.227 e. The normalized spacial score (nSPS) is 15.8. The quantitative estimate of drug-likeness (QED) is 0.908. The Bertz CT molecular complexity index is 823. The van der Waals surface area contributed by atoms with Crippen LogP contribution in [0.1, 0.15) is 24.0 Å². The highest BCUT2D eigenvalue weighted by Gasteiger charge is 2.26. The first-order valence-electron chi connectivity index (χ1n) is 7.84. The van der Waals surface area contributed by atoms with Crippen LogP contribution in [-0.4, -0.2) is 11.8 Å². The van der Waals surface area contributed by atoms with Crippen molar-refractivity contribution in [2.24, 2.45) is 5.92 Å². The molecule has 0 saturated carbocycles. The minimum Gasteiger partial charge on any atom is -0.326 e. The summed E-state index contributed by atoms with van der Waals surface area (Å²) in [6.45, 7) is 0. The lowest BCUT2D eigenvalue weighted by Crippen LogP contribution is -2.30. The SMILES string of the molecule is N#Cc1cccc(NC(=O)CC[C@H]2Cc3ccccc3NC2=O)c1. The highest BCUT2D eigenvalue weighted by atomic mass is 16.2. The van der Waals surface area contributed by atoms with Gasteiger partial charge in [0.05, 0.1) is 11.6 Å². The number of hydrogen-bond acceptors (Lipinski definition) is 3. The molecule has 0 bridgehead atoms. The van der Waals surface area contributed by atoms with Gasteiger partial charge in [0.1, 0.15) is 0 Å². The predicted molar refractivity (Wildman–Crippen MR) is 91.3 cm³/mol. The fourth-order valence-corrected chi connectivity index (χ4v) is 2.84. The predicted octanol–water partition coefficient (Wildman–Crippen LogP) is 3.09. The summed E-state index contributed by atoms with van der Waals surface area (Å²) in [6.07, 6.45) is 1.40. The number of nitriles is 1. The lowest BCUT2D eigenvalue weighted by atomic mass is 9.89. The molecule has 2 aromatic rings. The van der Waals surface area contributed by atoms with Crippen molar-refractivity contribution in [1.82, 2.24) is 0 Å². The van der Waals surface area contributed by atoms with E-state index < -0.39 is 0 Å². The van der Waals surface area contributed by atoms with Crippen LogP contribution in [0.5, 0.6) is 0 Å². The fraction of sp³-hybridized carbons (Fsp3) is 0.211. The van der Waals surface area contributed by atoms with Crippen LogP contribution in [0.4, 0.5) is 11.4 Å². The number of carbonyl (C=O) groups is 2. The number of amides is 2. The molecule has 0 saturated heterocycles. The Balaban J connectivity index is 1.57. The lowest BCUT2D eigenvalue weighted by Gasteiger charge is -2.24. The molecule has 0 aromatic heterocycles. The van der Waals surface area contributed by atoms with Crippen LogP contribution >= 0.6 is 0 Å². The molecule has 1 atom stereocenters. The molecule has 0 fully saturated rings. The minimum atomic E-state index is -0.198. The Hall–Kier alpha value is -3.13. The second-order valence-corrected chi connectivity index (χ2v) is 5.83. The van der Waals surface area contributed by atoms with Crippen molar-refractivity contribution in [2.75, 3.05) is 10.6 Å². The molecule has 0 unspecified atom stereocenters. The van der Waals surface area contributed by atoms with E-state index in [2.05, 4.69) is 10.6 Å². The number of anilines is 2. The van der Waals surface area contributed by atoms with E-state index >= 15 is 0 Å². The Morgan fingerprint density at radius 2 is 2.08 bits per heavy atom. The molecule has 5 nitrogen and oxygen atoms in total. The Morgan fingerprint density at radius 1 is 1.25 bits per heavy atom. The number of nitrogens with zero attached hydrogens (tertiary/aromatic N) is 1. The largest absolute Gasteiger partial charge is 0.326 e. The highest BCUT2D eigenvalue weighted by Crippen LogP contribution is 2.27. The average molecular weight is 319 g/mol. The third-order valence-electron chi connectivity index (χ3n) is 4.11. The van der Waals surface area contributed by atoms with E-state index in [1.807, 2.05) is 30.3 Å². The molecule has 1 aliphatic rings. The van der Waals surface area contributed by atoms with Crippen LogP contribution in [0.2, 0.25) is 0 Å². The summed E-state index contributed by atoms with van der Waals surface area (Å²) in [5.74, 6) is -0.388. The summed E-state index contributed by atoms with van der Waals surface area (Å²) < 4.78 is 0. The van der Waals surface area contributed by atoms with Crippen LogP contribution in [-0.2, 0) is 16.0 Å². The van der Waals surface area contributed by atoms with Crippen molar-refractivity contribution in [2.45, 2.75) is 19.3 Å². The summed E-state index contributed by atoms with van der Waals surface area (Å²) in [5.41, 5.74) is 3.05. The van der Waals surface area contributed by atoms with Gasteiger partial charge < -0.3 is 10.6 Å². The summed E-state index contributed by atoms with van der Waals surface area (Å²) in [6, 6.07) is 16.5. The molecule has 5 heteroatoms. The smallest absolute Gasteiger partial charge is 0.227 e. The number of rotatable bonds is 4. The zero-order valence-corrected chi connectivity index (χ0v) is 13.1. The molecular weight excluding hydrogens is 302 g/mol. The maximum absolute atomic E-state index is 12.1. The first-order valence-corrected chi connectivity index (χ1v) is 7.84. The van der Waals surface area contributed by atoms with E-state index in [0.29, 0.717) is 24.1 Å². The molecule has 3 rings (SSSR count). The van der Waals surface area contributed by atoms with Crippen LogP contribution in [0.15, 0.2) is 48.5 Å². The summed E-state index contributed by atoms with van der Waals surface area (Å²) in [4.78, 5) is 24.2. The van der Waals surface area contributed by atoms with Crippen LogP contribution in [0.3, 0.4) is 0 Å². The monoisotopic (exact) mass is 319 g/mol. The van der Waals surface area contributed by atoms with Crippen molar-refractivity contribution in [3.8, 4) is 6.07 Å². The van der Waals surface area contributed by atoms with Gasteiger partial charge in [-0.2, -0.15) is 5.26 Å². The zero-order chi connectivity index (χ0) is 16.9. The first-order chi connectivity index (χ1) is 11.7. The summed E-state index contributed by atoms with van der Waals surface area (Å²) in [7, 11) is 0. The van der Waals surface area contributed by atoms with Gasteiger partial charge in [-0.3, -0.25) is 9.59 Å². The van der Waals surface area contributed by atoms with Crippen molar-refractivity contribution in [3.63, 3.8) is 0 Å². The number of benzene rings is 2. The molecule has 2 amide bonds. The fourth-order valence-electron chi connectivity index (χ4n) is 2.84. The van der Waals surface area contributed by atoms with E-state index in [0.717, 1.165) is 11.3 Å².